The normalized spacial score (nSPS) is 11.9. The zero-order valence-corrected chi connectivity index (χ0v) is 14.7. The van der Waals surface area contributed by atoms with Crippen molar-refractivity contribution in [3.05, 3.63) is 100 Å². The molecule has 2 aromatic carbocycles. The molecule has 0 aliphatic carbocycles. The van der Waals surface area contributed by atoms with Crippen LogP contribution in [0.1, 0.15) is 17.2 Å². The van der Waals surface area contributed by atoms with Gasteiger partial charge in [0.05, 0.1) is 16.5 Å². The third kappa shape index (κ3) is 3.21. The highest BCUT2D eigenvalue weighted by Gasteiger charge is 2.26. The Bertz CT molecular complexity index is 1150. The summed E-state index contributed by atoms with van der Waals surface area (Å²) in [5.74, 6) is 0.510. The highest BCUT2D eigenvalue weighted by atomic mass is 16.6. The van der Waals surface area contributed by atoms with Gasteiger partial charge in [0.2, 0.25) is 0 Å². The number of aromatic nitrogens is 2. The number of para-hydroxylation sites is 1. The lowest BCUT2D eigenvalue weighted by Gasteiger charge is -2.21. The van der Waals surface area contributed by atoms with Crippen LogP contribution in [-0.4, -0.2) is 20.0 Å². The number of hydrogen-bond acceptors (Lipinski definition) is 6. The molecular formula is C21H16N4O3. The van der Waals surface area contributed by atoms with E-state index in [0.29, 0.717) is 22.5 Å². The first-order valence-corrected chi connectivity index (χ1v) is 8.62. The van der Waals surface area contributed by atoms with Gasteiger partial charge in [-0.2, -0.15) is 0 Å². The van der Waals surface area contributed by atoms with Crippen molar-refractivity contribution in [2.45, 2.75) is 6.04 Å². The molecule has 1 atom stereocenters. The minimum atomic E-state index is -0.692. The van der Waals surface area contributed by atoms with Crippen LogP contribution in [-0.2, 0) is 0 Å². The van der Waals surface area contributed by atoms with Gasteiger partial charge >= 0.3 is 0 Å². The van der Waals surface area contributed by atoms with Crippen LogP contribution in [0.15, 0.2) is 79.1 Å². The molecule has 0 unspecified atom stereocenters. The number of hydrogen-bond donors (Lipinski definition) is 2. The van der Waals surface area contributed by atoms with Crippen LogP contribution in [0.25, 0.3) is 10.9 Å². The number of nitro groups is 1. The van der Waals surface area contributed by atoms with Gasteiger partial charge in [-0.15, -0.1) is 0 Å². The molecule has 0 saturated carbocycles. The molecule has 4 rings (SSSR count). The Morgan fingerprint density at radius 3 is 2.46 bits per heavy atom. The SMILES string of the molecule is O=[N+]([O-])c1ccccc1[C@H](Nc1ccccn1)c1ccc2cccnc2c1O. The summed E-state index contributed by atoms with van der Waals surface area (Å²) in [7, 11) is 0. The summed E-state index contributed by atoms with van der Waals surface area (Å²) in [6, 6.07) is 18.3. The second-order valence-electron chi connectivity index (χ2n) is 6.19. The van der Waals surface area contributed by atoms with E-state index in [-0.39, 0.29) is 11.4 Å². The quantitative estimate of drug-likeness (QED) is 0.397. The summed E-state index contributed by atoms with van der Waals surface area (Å²) in [5, 5.41) is 26.5. The smallest absolute Gasteiger partial charge is 0.275 e. The summed E-state index contributed by atoms with van der Waals surface area (Å²) >= 11 is 0. The Morgan fingerprint density at radius 2 is 1.68 bits per heavy atom. The summed E-state index contributed by atoms with van der Waals surface area (Å²) in [5.41, 5.74) is 1.29. The predicted octanol–water partition coefficient (Wildman–Crippen LogP) is 4.45. The van der Waals surface area contributed by atoms with Gasteiger partial charge in [-0.1, -0.05) is 36.4 Å². The molecule has 2 heterocycles. The summed E-state index contributed by atoms with van der Waals surface area (Å²) in [6.07, 6.45) is 3.22. The van der Waals surface area contributed by atoms with E-state index in [9.17, 15) is 15.2 Å². The van der Waals surface area contributed by atoms with Crippen molar-refractivity contribution >= 4 is 22.4 Å². The number of rotatable bonds is 5. The third-order valence-corrected chi connectivity index (χ3v) is 4.49. The van der Waals surface area contributed by atoms with Crippen molar-refractivity contribution in [3.63, 3.8) is 0 Å². The fourth-order valence-electron chi connectivity index (χ4n) is 3.20. The molecule has 0 fully saturated rings. The number of pyridine rings is 2. The van der Waals surface area contributed by atoms with Gasteiger partial charge in [0.25, 0.3) is 5.69 Å². The Balaban J connectivity index is 1.92. The molecule has 0 aliphatic heterocycles. The van der Waals surface area contributed by atoms with Crippen molar-refractivity contribution in [1.82, 2.24) is 9.97 Å². The Hall–Kier alpha value is -4.00. The maximum atomic E-state index is 11.6. The number of anilines is 1. The fraction of sp³-hybridized carbons (Fsp3) is 0.0476. The molecule has 28 heavy (non-hydrogen) atoms. The second-order valence-corrected chi connectivity index (χ2v) is 6.19. The minimum Gasteiger partial charge on any atom is -0.505 e. The average molecular weight is 372 g/mol. The Labute approximate surface area is 160 Å². The van der Waals surface area contributed by atoms with E-state index < -0.39 is 11.0 Å². The Morgan fingerprint density at radius 1 is 0.893 bits per heavy atom. The first-order valence-electron chi connectivity index (χ1n) is 8.62. The van der Waals surface area contributed by atoms with Crippen LogP contribution in [0.5, 0.6) is 5.75 Å². The monoisotopic (exact) mass is 372 g/mol. The van der Waals surface area contributed by atoms with Crippen LogP contribution in [0, 0.1) is 10.1 Å². The topological polar surface area (TPSA) is 101 Å². The van der Waals surface area contributed by atoms with Crippen molar-refractivity contribution in [2.24, 2.45) is 0 Å². The standard InChI is InChI=1S/C21H16N4O3/c26-21-16(11-10-14-6-5-13-23-19(14)21)20(24-18-9-3-4-12-22-18)15-7-1-2-8-17(15)25(27)28/h1-13,20,26H,(H,22,24)/t20-/m0/s1. The van der Waals surface area contributed by atoms with Gasteiger partial charge in [-0.25, -0.2) is 4.98 Å². The molecule has 0 spiro atoms. The molecule has 0 radical (unpaired) electrons. The minimum absolute atomic E-state index is 0.0234. The summed E-state index contributed by atoms with van der Waals surface area (Å²) < 4.78 is 0. The largest absolute Gasteiger partial charge is 0.505 e. The number of phenolic OH excluding ortho intramolecular Hbond substituents is 1. The molecule has 0 bridgehead atoms. The lowest BCUT2D eigenvalue weighted by atomic mass is 9.95. The van der Waals surface area contributed by atoms with Crippen molar-refractivity contribution in [2.75, 3.05) is 5.32 Å². The Kier molecular flexibility index (Phi) is 4.55. The molecule has 4 aromatic rings. The fourth-order valence-corrected chi connectivity index (χ4v) is 3.20. The molecule has 138 valence electrons. The van der Waals surface area contributed by atoms with E-state index in [1.165, 1.54) is 6.07 Å². The van der Waals surface area contributed by atoms with E-state index >= 15 is 0 Å². The predicted molar refractivity (Wildman–Crippen MR) is 106 cm³/mol. The highest BCUT2D eigenvalue weighted by Crippen LogP contribution is 2.38. The molecule has 7 heteroatoms. The van der Waals surface area contributed by atoms with Gasteiger partial charge in [0.1, 0.15) is 17.1 Å². The number of aromatic hydroxyl groups is 1. The van der Waals surface area contributed by atoms with Gasteiger partial charge < -0.3 is 10.4 Å². The number of nitro benzene ring substituents is 1. The number of phenols is 1. The van der Waals surface area contributed by atoms with Gasteiger partial charge in [0.15, 0.2) is 0 Å². The second kappa shape index (κ2) is 7.32. The van der Waals surface area contributed by atoms with Crippen LogP contribution in [0.4, 0.5) is 11.5 Å². The van der Waals surface area contributed by atoms with E-state index in [4.69, 9.17) is 0 Å². The van der Waals surface area contributed by atoms with E-state index in [1.807, 2.05) is 18.2 Å². The lowest BCUT2D eigenvalue weighted by molar-refractivity contribution is -0.385. The van der Waals surface area contributed by atoms with E-state index in [0.717, 1.165) is 5.39 Å². The van der Waals surface area contributed by atoms with E-state index in [1.54, 1.807) is 54.9 Å². The van der Waals surface area contributed by atoms with E-state index in [2.05, 4.69) is 15.3 Å². The van der Waals surface area contributed by atoms with Gasteiger partial charge in [-0.3, -0.25) is 15.1 Å². The van der Waals surface area contributed by atoms with Gasteiger partial charge in [-0.05, 0) is 24.3 Å². The number of fused-ring (bicyclic) bond motifs is 1. The van der Waals surface area contributed by atoms with Crippen molar-refractivity contribution < 1.29 is 10.0 Å². The third-order valence-electron chi connectivity index (χ3n) is 4.49. The first kappa shape index (κ1) is 17.4. The molecule has 0 aliphatic rings. The maximum absolute atomic E-state index is 11.6. The average Bonchev–Trinajstić information content (AvgIpc) is 2.74. The molecule has 0 amide bonds. The van der Waals surface area contributed by atoms with Crippen molar-refractivity contribution in [3.8, 4) is 5.75 Å². The van der Waals surface area contributed by atoms with Crippen LogP contribution >= 0.6 is 0 Å². The molecule has 7 nitrogen and oxygen atoms in total. The van der Waals surface area contributed by atoms with Crippen LogP contribution < -0.4 is 5.32 Å². The number of nitrogens with zero attached hydrogens (tertiary/aromatic N) is 3. The van der Waals surface area contributed by atoms with Crippen LogP contribution in [0.3, 0.4) is 0 Å². The molecule has 2 N–H and O–H groups in total. The first-order chi connectivity index (χ1) is 13.6. The summed E-state index contributed by atoms with van der Waals surface area (Å²) in [4.78, 5) is 19.7. The zero-order valence-electron chi connectivity index (χ0n) is 14.7. The van der Waals surface area contributed by atoms with Crippen LogP contribution in [0.2, 0.25) is 0 Å². The maximum Gasteiger partial charge on any atom is 0.275 e. The molecule has 2 aromatic heterocycles. The van der Waals surface area contributed by atoms with Gasteiger partial charge in [0, 0.05) is 29.4 Å². The number of nitrogens with one attached hydrogen (secondary N) is 1. The number of benzene rings is 2. The van der Waals surface area contributed by atoms with Crippen molar-refractivity contribution in [1.29, 1.82) is 0 Å². The highest BCUT2D eigenvalue weighted by molar-refractivity contribution is 5.86. The molecular weight excluding hydrogens is 356 g/mol. The summed E-state index contributed by atoms with van der Waals surface area (Å²) in [6.45, 7) is 0. The zero-order chi connectivity index (χ0) is 19.5. The lowest BCUT2D eigenvalue weighted by Crippen LogP contribution is -2.15. The molecule has 0 saturated heterocycles.